The number of carboxylic acid groups (broad SMARTS) is 1. The minimum atomic E-state index is -1.27. The number of imide groups is 1. The summed E-state index contributed by atoms with van der Waals surface area (Å²) in [6, 6.07) is 0. The van der Waals surface area contributed by atoms with Crippen molar-refractivity contribution >= 4 is 17.8 Å². The van der Waals surface area contributed by atoms with Gasteiger partial charge in [-0.15, -0.1) is 0 Å². The lowest BCUT2D eigenvalue weighted by Gasteiger charge is -2.14. The van der Waals surface area contributed by atoms with Crippen LogP contribution >= 0.6 is 0 Å². The van der Waals surface area contributed by atoms with Crippen LogP contribution < -0.4 is 5.11 Å². The molecule has 0 fully saturated rings. The first-order valence-corrected chi connectivity index (χ1v) is 4.32. The zero-order valence-electron chi connectivity index (χ0n) is 7.78. The van der Waals surface area contributed by atoms with E-state index in [0.29, 0.717) is 12.0 Å². The Bertz CT molecular complexity index is 319. The minimum Gasteiger partial charge on any atom is -0.550 e. The molecule has 2 amide bonds. The molecule has 1 rings (SSSR count). The molecular weight excluding hydrogens is 186 g/mol. The van der Waals surface area contributed by atoms with Crippen LogP contribution in [0.5, 0.6) is 0 Å². The van der Waals surface area contributed by atoms with Gasteiger partial charge in [0.05, 0.1) is 0 Å². The van der Waals surface area contributed by atoms with E-state index in [-0.39, 0.29) is 13.0 Å². The molecule has 14 heavy (non-hydrogen) atoms. The Morgan fingerprint density at radius 3 is 2.57 bits per heavy atom. The summed E-state index contributed by atoms with van der Waals surface area (Å²) in [4.78, 5) is 33.6. The number of rotatable bonds is 4. The molecule has 0 spiro atoms. The van der Waals surface area contributed by atoms with Crippen LogP contribution in [0.15, 0.2) is 11.6 Å². The van der Waals surface area contributed by atoms with Crippen molar-refractivity contribution in [2.75, 3.05) is 6.54 Å². The number of carbonyl (C=O) groups is 3. The monoisotopic (exact) mass is 196 g/mol. The first-order valence-electron chi connectivity index (χ1n) is 4.32. The van der Waals surface area contributed by atoms with Crippen molar-refractivity contribution in [2.45, 2.75) is 19.8 Å². The smallest absolute Gasteiger partial charge is 0.256 e. The van der Waals surface area contributed by atoms with Gasteiger partial charge in [-0.3, -0.25) is 14.5 Å². The second-order valence-electron chi connectivity index (χ2n) is 2.94. The molecule has 1 aliphatic heterocycles. The number of nitrogens with zero attached hydrogens (tertiary/aromatic N) is 1. The van der Waals surface area contributed by atoms with Gasteiger partial charge in [0, 0.05) is 30.6 Å². The van der Waals surface area contributed by atoms with E-state index < -0.39 is 17.8 Å². The maximum absolute atomic E-state index is 11.4. The van der Waals surface area contributed by atoms with Gasteiger partial charge in [-0.2, -0.15) is 0 Å². The lowest BCUT2D eigenvalue weighted by molar-refractivity contribution is -0.305. The minimum absolute atomic E-state index is 0.111. The maximum atomic E-state index is 11.4. The van der Waals surface area contributed by atoms with Gasteiger partial charge >= 0.3 is 0 Å². The molecule has 0 saturated heterocycles. The third-order valence-corrected chi connectivity index (χ3v) is 2.00. The Morgan fingerprint density at radius 1 is 1.50 bits per heavy atom. The van der Waals surface area contributed by atoms with E-state index in [9.17, 15) is 19.5 Å². The van der Waals surface area contributed by atoms with Crippen molar-refractivity contribution < 1.29 is 19.5 Å². The SMILES string of the molecule is CCC1=CC(=O)N(CCC(=O)[O-])C1=O. The van der Waals surface area contributed by atoms with Crippen molar-refractivity contribution in [3.8, 4) is 0 Å². The molecule has 0 aromatic carbocycles. The summed E-state index contributed by atoms with van der Waals surface area (Å²) in [5.74, 6) is -2.10. The van der Waals surface area contributed by atoms with Gasteiger partial charge in [-0.05, 0) is 6.42 Å². The van der Waals surface area contributed by atoms with Crippen LogP contribution in [0.1, 0.15) is 19.8 Å². The van der Waals surface area contributed by atoms with Gasteiger partial charge in [0.15, 0.2) is 0 Å². The number of carboxylic acids is 1. The van der Waals surface area contributed by atoms with Crippen LogP contribution in [0.3, 0.4) is 0 Å². The van der Waals surface area contributed by atoms with Crippen LogP contribution in [-0.2, 0) is 14.4 Å². The number of amides is 2. The summed E-state index contributed by atoms with van der Waals surface area (Å²) in [6.07, 6.45) is 1.41. The zero-order valence-corrected chi connectivity index (χ0v) is 7.78. The molecule has 0 aliphatic carbocycles. The summed E-state index contributed by atoms with van der Waals surface area (Å²) in [7, 11) is 0. The molecule has 1 heterocycles. The molecule has 0 N–H and O–H groups in total. The fourth-order valence-electron chi connectivity index (χ4n) is 1.23. The molecule has 0 unspecified atom stereocenters. The van der Waals surface area contributed by atoms with Gasteiger partial charge in [-0.1, -0.05) is 6.92 Å². The van der Waals surface area contributed by atoms with Gasteiger partial charge in [0.2, 0.25) is 0 Å². The van der Waals surface area contributed by atoms with Crippen LogP contribution in [0.25, 0.3) is 0 Å². The largest absolute Gasteiger partial charge is 0.550 e. The summed E-state index contributed by atoms with van der Waals surface area (Å²) in [6.45, 7) is 1.65. The summed E-state index contributed by atoms with van der Waals surface area (Å²) in [5, 5.41) is 10.1. The highest BCUT2D eigenvalue weighted by Gasteiger charge is 2.28. The average molecular weight is 196 g/mol. The highest BCUT2D eigenvalue weighted by molar-refractivity contribution is 6.16. The van der Waals surface area contributed by atoms with E-state index in [4.69, 9.17) is 0 Å². The van der Waals surface area contributed by atoms with Crippen molar-refractivity contribution in [2.24, 2.45) is 0 Å². The van der Waals surface area contributed by atoms with Gasteiger partial charge < -0.3 is 9.90 Å². The molecule has 5 nitrogen and oxygen atoms in total. The molecule has 1 aliphatic rings. The molecule has 0 atom stereocenters. The number of aliphatic carboxylic acids is 1. The van der Waals surface area contributed by atoms with Crippen molar-refractivity contribution in [1.29, 1.82) is 0 Å². The van der Waals surface area contributed by atoms with Crippen molar-refractivity contribution in [3.05, 3.63) is 11.6 Å². The topological polar surface area (TPSA) is 77.5 Å². The Balaban J connectivity index is 2.62. The van der Waals surface area contributed by atoms with Crippen molar-refractivity contribution in [3.63, 3.8) is 0 Å². The first kappa shape index (κ1) is 10.4. The fraction of sp³-hybridized carbons (Fsp3) is 0.444. The van der Waals surface area contributed by atoms with E-state index in [1.165, 1.54) is 6.08 Å². The van der Waals surface area contributed by atoms with E-state index >= 15 is 0 Å². The number of hydrogen-bond acceptors (Lipinski definition) is 4. The first-order chi connectivity index (χ1) is 6.56. The van der Waals surface area contributed by atoms with Gasteiger partial charge in [0.1, 0.15) is 0 Å². The van der Waals surface area contributed by atoms with Gasteiger partial charge in [-0.25, -0.2) is 0 Å². The Hall–Kier alpha value is -1.65. The van der Waals surface area contributed by atoms with Crippen molar-refractivity contribution in [1.82, 2.24) is 4.90 Å². The molecule has 0 radical (unpaired) electrons. The molecule has 76 valence electrons. The lowest BCUT2D eigenvalue weighted by atomic mass is 10.2. The Labute approximate surface area is 81.0 Å². The lowest BCUT2D eigenvalue weighted by Crippen LogP contribution is -2.35. The Morgan fingerprint density at radius 2 is 2.14 bits per heavy atom. The van der Waals surface area contributed by atoms with Crippen LogP contribution in [0, 0.1) is 0 Å². The predicted molar refractivity (Wildman–Crippen MR) is 44.7 cm³/mol. The molecule has 0 aromatic rings. The Kier molecular flexibility index (Phi) is 3.01. The van der Waals surface area contributed by atoms with E-state index in [2.05, 4.69) is 0 Å². The summed E-state index contributed by atoms with van der Waals surface area (Å²) >= 11 is 0. The van der Waals surface area contributed by atoms with Gasteiger partial charge in [0.25, 0.3) is 11.8 Å². The quantitative estimate of drug-likeness (QED) is 0.531. The zero-order chi connectivity index (χ0) is 10.7. The van der Waals surface area contributed by atoms with Crippen LogP contribution in [-0.4, -0.2) is 29.2 Å². The van der Waals surface area contributed by atoms with E-state index in [1.54, 1.807) is 6.92 Å². The molecule has 0 saturated carbocycles. The predicted octanol–water partition coefficient (Wildman–Crippen LogP) is -1.17. The van der Waals surface area contributed by atoms with E-state index in [0.717, 1.165) is 4.90 Å². The molecule has 5 heteroatoms. The van der Waals surface area contributed by atoms with Crippen LogP contribution in [0.4, 0.5) is 0 Å². The second kappa shape index (κ2) is 4.04. The standard InChI is InChI=1S/C9H11NO4/c1-2-6-5-7(11)10(9(6)14)4-3-8(12)13/h5H,2-4H2,1H3,(H,12,13)/p-1. The highest BCUT2D eigenvalue weighted by atomic mass is 16.4. The number of hydrogen-bond donors (Lipinski definition) is 0. The normalized spacial score (nSPS) is 16.1. The summed E-state index contributed by atoms with van der Waals surface area (Å²) in [5.41, 5.74) is 0.424. The molecular formula is C9H10NO4-. The maximum Gasteiger partial charge on any atom is 0.256 e. The fourth-order valence-corrected chi connectivity index (χ4v) is 1.23. The molecule has 0 bridgehead atoms. The highest BCUT2D eigenvalue weighted by Crippen LogP contribution is 2.15. The third-order valence-electron chi connectivity index (χ3n) is 2.00. The number of carbonyl (C=O) groups excluding carboxylic acids is 3. The van der Waals surface area contributed by atoms with E-state index in [1.807, 2.05) is 0 Å². The second-order valence-corrected chi connectivity index (χ2v) is 2.94. The molecule has 0 aromatic heterocycles. The van der Waals surface area contributed by atoms with Crippen LogP contribution in [0.2, 0.25) is 0 Å². The third kappa shape index (κ3) is 1.99. The average Bonchev–Trinajstić information content (AvgIpc) is 2.39. The summed E-state index contributed by atoms with van der Waals surface area (Å²) < 4.78 is 0.